The maximum absolute atomic E-state index is 13.4. The molecule has 1 amide bonds. The number of aromatic nitrogens is 1. The van der Waals surface area contributed by atoms with Crippen molar-refractivity contribution in [2.75, 3.05) is 0 Å². The Morgan fingerprint density at radius 1 is 0.935 bits per heavy atom. The van der Waals surface area contributed by atoms with E-state index in [4.69, 9.17) is 21.1 Å². The van der Waals surface area contributed by atoms with E-state index in [1.54, 1.807) is 18.3 Å². The van der Waals surface area contributed by atoms with Gasteiger partial charge in [0.1, 0.15) is 17.6 Å². The van der Waals surface area contributed by atoms with Crippen molar-refractivity contribution in [3.8, 4) is 17.4 Å². The van der Waals surface area contributed by atoms with Crippen LogP contribution >= 0.6 is 11.6 Å². The van der Waals surface area contributed by atoms with Gasteiger partial charge in [0.05, 0.1) is 10.9 Å². The van der Waals surface area contributed by atoms with Crippen LogP contribution in [0, 0.1) is 0 Å². The summed E-state index contributed by atoms with van der Waals surface area (Å²) >= 11 is 5.88. The minimum Gasteiger partial charge on any atom is -0.474 e. The first kappa shape index (κ1) is 19.9. The first-order valence-electron chi connectivity index (χ1n) is 10.6. The number of halogens is 1. The van der Waals surface area contributed by atoms with Gasteiger partial charge in [-0.15, -0.1) is 0 Å². The molecule has 1 aliphatic carbocycles. The van der Waals surface area contributed by atoms with Gasteiger partial charge in [0.15, 0.2) is 0 Å². The fourth-order valence-electron chi connectivity index (χ4n) is 4.40. The summed E-state index contributed by atoms with van der Waals surface area (Å²) in [7, 11) is 0. The Balaban J connectivity index is 1.25. The van der Waals surface area contributed by atoms with Crippen LogP contribution in [-0.2, 0) is 4.79 Å². The van der Waals surface area contributed by atoms with Gasteiger partial charge in [-0.1, -0.05) is 48.0 Å². The van der Waals surface area contributed by atoms with E-state index >= 15 is 0 Å². The van der Waals surface area contributed by atoms with E-state index < -0.39 is 0 Å². The number of carbonyl (C=O) groups excluding carboxylic acids is 1. The lowest BCUT2D eigenvalue weighted by Crippen LogP contribution is -2.42. The average molecular weight is 435 g/mol. The second-order valence-electron chi connectivity index (χ2n) is 8.03. The number of carbonyl (C=O) groups is 1. The molecule has 0 atom stereocenters. The number of nitrogens with one attached hydrogen (secondary N) is 1. The number of nitrogens with zero attached hydrogens (tertiary/aromatic N) is 1. The normalized spacial score (nSPS) is 20.2. The van der Waals surface area contributed by atoms with Gasteiger partial charge >= 0.3 is 0 Å². The Hall–Kier alpha value is -3.05. The summed E-state index contributed by atoms with van der Waals surface area (Å²) in [5.41, 5.74) is 1.81. The molecule has 3 aromatic rings. The molecular weight excluding hydrogens is 412 g/mol. The Bertz CT molecular complexity index is 1030. The summed E-state index contributed by atoms with van der Waals surface area (Å²) in [4.78, 5) is 17.6. The van der Waals surface area contributed by atoms with Crippen molar-refractivity contribution in [1.82, 2.24) is 10.3 Å². The third-order valence-electron chi connectivity index (χ3n) is 5.95. The summed E-state index contributed by atoms with van der Waals surface area (Å²) in [5, 5.41) is 3.87. The van der Waals surface area contributed by atoms with Gasteiger partial charge in [0.25, 0.3) is 0 Å². The van der Waals surface area contributed by atoms with Crippen LogP contribution in [-0.4, -0.2) is 23.0 Å². The molecule has 0 saturated heterocycles. The fourth-order valence-corrected chi connectivity index (χ4v) is 4.52. The zero-order valence-electron chi connectivity index (χ0n) is 17.0. The monoisotopic (exact) mass is 434 g/mol. The summed E-state index contributed by atoms with van der Waals surface area (Å²) in [6.45, 7) is 0. The summed E-state index contributed by atoms with van der Waals surface area (Å²) < 4.78 is 12.0. The van der Waals surface area contributed by atoms with Gasteiger partial charge < -0.3 is 14.8 Å². The predicted molar refractivity (Wildman–Crippen MR) is 119 cm³/mol. The molecule has 2 aromatic carbocycles. The van der Waals surface area contributed by atoms with E-state index in [-0.39, 0.29) is 24.0 Å². The van der Waals surface area contributed by atoms with E-state index in [1.807, 2.05) is 48.5 Å². The minimum absolute atomic E-state index is 0.0203. The van der Waals surface area contributed by atoms with Gasteiger partial charge in [-0.25, -0.2) is 4.98 Å². The predicted octanol–water partition coefficient (Wildman–Crippen LogP) is 5.48. The number of rotatable bonds is 4. The molecule has 2 heterocycles. The summed E-state index contributed by atoms with van der Waals surface area (Å²) in [6.07, 6.45) is 5.18. The molecule has 5 rings (SSSR count). The first-order chi connectivity index (χ1) is 15.2. The third-order valence-corrected chi connectivity index (χ3v) is 6.17. The molecule has 1 fully saturated rings. The lowest BCUT2D eigenvalue weighted by molar-refractivity contribution is -0.122. The van der Waals surface area contributed by atoms with Crippen LogP contribution in [0.4, 0.5) is 0 Å². The topological polar surface area (TPSA) is 60.5 Å². The highest BCUT2D eigenvalue weighted by atomic mass is 35.5. The molecule has 0 bridgehead atoms. The van der Waals surface area contributed by atoms with Gasteiger partial charge in [-0.05, 0) is 43.9 Å². The molecule has 6 heteroatoms. The summed E-state index contributed by atoms with van der Waals surface area (Å²) in [5.74, 6) is 1.73. The van der Waals surface area contributed by atoms with E-state index in [9.17, 15) is 4.79 Å². The number of hydrogen-bond acceptors (Lipinski definition) is 4. The standard InChI is InChI=1S/C25H23ClN2O3/c26-16-9-14-23(27-15-16)30-18-12-10-17(11-13-18)28-25(29)24-19-5-1-3-7-21(19)31-22-8-4-2-6-20(22)24/h1-9,14-15,17-18,24H,10-13H2,(H,28,29). The number of amides is 1. The van der Waals surface area contributed by atoms with Crippen molar-refractivity contribution in [1.29, 1.82) is 0 Å². The highest BCUT2D eigenvalue weighted by Gasteiger charge is 2.34. The van der Waals surface area contributed by atoms with E-state index in [2.05, 4.69) is 10.3 Å². The smallest absolute Gasteiger partial charge is 0.232 e. The molecule has 2 aliphatic rings. The SMILES string of the molecule is O=C(NC1CCC(Oc2ccc(Cl)cn2)CC1)C1c2ccccc2Oc2ccccc21. The maximum atomic E-state index is 13.4. The quantitative estimate of drug-likeness (QED) is 0.590. The highest BCUT2D eigenvalue weighted by molar-refractivity contribution is 6.30. The number of hydrogen-bond donors (Lipinski definition) is 1. The van der Waals surface area contributed by atoms with Crippen LogP contribution in [0.15, 0.2) is 66.9 Å². The van der Waals surface area contributed by atoms with Crippen LogP contribution in [0.1, 0.15) is 42.7 Å². The largest absolute Gasteiger partial charge is 0.474 e. The first-order valence-corrected chi connectivity index (χ1v) is 11.0. The molecule has 158 valence electrons. The Labute approximate surface area is 186 Å². The highest BCUT2D eigenvalue weighted by Crippen LogP contribution is 2.44. The number of benzene rings is 2. The molecule has 1 N–H and O–H groups in total. The lowest BCUT2D eigenvalue weighted by atomic mass is 9.86. The lowest BCUT2D eigenvalue weighted by Gasteiger charge is -2.32. The Kier molecular flexibility index (Phi) is 5.51. The van der Waals surface area contributed by atoms with Crippen molar-refractivity contribution >= 4 is 17.5 Å². The van der Waals surface area contributed by atoms with Crippen LogP contribution < -0.4 is 14.8 Å². The number of ether oxygens (including phenoxy) is 2. The molecule has 0 radical (unpaired) electrons. The number of pyridine rings is 1. The molecule has 1 aliphatic heterocycles. The number of fused-ring (bicyclic) bond motifs is 2. The van der Waals surface area contributed by atoms with Crippen LogP contribution in [0.2, 0.25) is 5.02 Å². The molecule has 1 saturated carbocycles. The molecule has 0 spiro atoms. The third kappa shape index (κ3) is 4.23. The second-order valence-corrected chi connectivity index (χ2v) is 8.46. The van der Waals surface area contributed by atoms with Crippen molar-refractivity contribution < 1.29 is 14.3 Å². The van der Waals surface area contributed by atoms with E-state index in [0.29, 0.717) is 10.9 Å². The Morgan fingerprint density at radius 3 is 2.19 bits per heavy atom. The van der Waals surface area contributed by atoms with Gasteiger partial charge in [-0.3, -0.25) is 4.79 Å². The van der Waals surface area contributed by atoms with Crippen molar-refractivity contribution in [2.45, 2.75) is 43.7 Å². The van der Waals surface area contributed by atoms with E-state index in [0.717, 1.165) is 48.3 Å². The zero-order chi connectivity index (χ0) is 21.2. The number of para-hydroxylation sites is 2. The molecule has 1 aromatic heterocycles. The zero-order valence-corrected chi connectivity index (χ0v) is 17.7. The van der Waals surface area contributed by atoms with Gasteiger partial charge in [-0.2, -0.15) is 0 Å². The van der Waals surface area contributed by atoms with Crippen molar-refractivity contribution in [2.24, 2.45) is 0 Å². The second kappa shape index (κ2) is 8.60. The van der Waals surface area contributed by atoms with Crippen LogP contribution in [0.25, 0.3) is 0 Å². The average Bonchev–Trinajstić information content (AvgIpc) is 2.80. The minimum atomic E-state index is -0.367. The van der Waals surface area contributed by atoms with Crippen molar-refractivity contribution in [3.05, 3.63) is 83.0 Å². The van der Waals surface area contributed by atoms with Crippen molar-refractivity contribution in [3.63, 3.8) is 0 Å². The molecular formula is C25H23ClN2O3. The van der Waals surface area contributed by atoms with Gasteiger partial charge in [0.2, 0.25) is 11.8 Å². The van der Waals surface area contributed by atoms with Crippen LogP contribution in [0.3, 0.4) is 0 Å². The van der Waals surface area contributed by atoms with Gasteiger partial charge in [0, 0.05) is 29.4 Å². The fraction of sp³-hybridized carbons (Fsp3) is 0.280. The van der Waals surface area contributed by atoms with Crippen LogP contribution in [0.5, 0.6) is 17.4 Å². The Morgan fingerprint density at radius 2 is 1.58 bits per heavy atom. The molecule has 0 unspecified atom stereocenters. The molecule has 31 heavy (non-hydrogen) atoms. The summed E-state index contributed by atoms with van der Waals surface area (Å²) in [6, 6.07) is 19.2. The van der Waals surface area contributed by atoms with E-state index in [1.165, 1.54) is 0 Å². The molecule has 5 nitrogen and oxygen atoms in total. The maximum Gasteiger partial charge on any atom is 0.232 e.